The molecule has 0 aliphatic carbocycles. The minimum absolute atomic E-state index is 0. The number of rotatable bonds is 0. The zero-order chi connectivity index (χ0) is 2.00. The molecule has 0 amide bonds. The Bertz CT molecular complexity index is 8.00. The summed E-state index contributed by atoms with van der Waals surface area (Å²) in [6.07, 6.45) is 0. The van der Waals surface area contributed by atoms with E-state index in [2.05, 4.69) is 15.9 Å². The zero-order valence-corrected chi connectivity index (χ0v) is 5.00. The first kappa shape index (κ1) is 19.5. The summed E-state index contributed by atoms with van der Waals surface area (Å²) in [4.78, 5) is 0. The molecule has 0 atom stereocenters. The van der Waals surface area contributed by atoms with Crippen LogP contribution in [0.1, 0.15) is 0 Å². The Morgan fingerprint density at radius 2 is 1.25 bits per heavy atom. The minimum atomic E-state index is 0. The van der Waals surface area contributed by atoms with Gasteiger partial charge >= 0.3 is 19.8 Å². The van der Waals surface area contributed by atoms with E-state index in [0.29, 0.717) is 0 Å². The second-order valence-electron chi connectivity index (χ2n) is 0. The van der Waals surface area contributed by atoms with Crippen LogP contribution < -0.4 is 0 Å². The van der Waals surface area contributed by atoms with Crippen molar-refractivity contribution in [3.63, 3.8) is 0 Å². The molecule has 0 spiro atoms. The molecule has 0 aliphatic heterocycles. The number of hydrogen-bond acceptors (Lipinski definition) is 1. The average Bonchev–Trinajstić information content (AvgIpc) is 1.00. The fourth-order valence-electron chi connectivity index (χ4n) is 0. The summed E-state index contributed by atoms with van der Waals surface area (Å²) < 4.78 is 7.81. The van der Waals surface area contributed by atoms with E-state index >= 15 is 0 Å². The summed E-state index contributed by atoms with van der Waals surface area (Å²) >= 11 is 2.94. The summed E-state index contributed by atoms with van der Waals surface area (Å²) in [6.45, 7) is 0. The van der Waals surface area contributed by atoms with Crippen molar-refractivity contribution >= 4 is 29.4 Å². The molecule has 0 fully saturated rings. The molecule has 0 bridgehead atoms. The van der Waals surface area contributed by atoms with E-state index < -0.39 is 0 Å². The van der Waals surface area contributed by atoms with Crippen molar-refractivity contribution in [2.24, 2.45) is 0 Å². The van der Waals surface area contributed by atoms with Gasteiger partial charge in [0.15, 0.2) is 0 Å². The third-order valence-electron chi connectivity index (χ3n) is 0. The normalized spacial score (nSPS) is 1.50. The van der Waals surface area contributed by atoms with Crippen LogP contribution in [0.15, 0.2) is 0 Å². The third kappa shape index (κ3) is 11.4. The van der Waals surface area contributed by atoms with E-state index in [1.54, 1.807) is 0 Å². The Balaban J connectivity index is -0.00000000500. The standard InChI is InChI=1S/BrH.ClH.Cu.O/h2*1H;;. The van der Waals surface area contributed by atoms with Crippen molar-refractivity contribution in [1.29, 1.82) is 0 Å². The van der Waals surface area contributed by atoms with Crippen LogP contribution in [0.3, 0.4) is 0 Å². The van der Waals surface area contributed by atoms with Gasteiger partial charge in [-0.05, 0) is 0 Å². The van der Waals surface area contributed by atoms with E-state index in [1.807, 2.05) is 0 Å². The van der Waals surface area contributed by atoms with Gasteiger partial charge in [0.05, 0.1) is 0 Å². The predicted octanol–water partition coefficient (Wildman–Crippen LogP) is 0.878. The molecule has 0 aromatic rings. The fourth-order valence-corrected chi connectivity index (χ4v) is 0. The Morgan fingerprint density at radius 1 is 1.25 bits per heavy atom. The van der Waals surface area contributed by atoms with Crippen molar-refractivity contribution in [2.45, 2.75) is 0 Å². The van der Waals surface area contributed by atoms with E-state index in [1.165, 1.54) is 0 Å². The average molecular weight is 197 g/mol. The van der Waals surface area contributed by atoms with Crippen LogP contribution in [-0.2, 0) is 19.8 Å². The molecule has 0 aromatic carbocycles. The van der Waals surface area contributed by atoms with Gasteiger partial charge < -0.3 is 0 Å². The summed E-state index contributed by atoms with van der Waals surface area (Å²) in [5.74, 6) is 0. The van der Waals surface area contributed by atoms with Crippen molar-refractivity contribution in [2.75, 3.05) is 0 Å². The monoisotopic (exact) mass is 195 g/mol. The fraction of sp³-hybridized carbons (Fsp3) is 0. The van der Waals surface area contributed by atoms with Crippen LogP contribution in [0.25, 0.3) is 0 Å². The van der Waals surface area contributed by atoms with Crippen molar-refractivity contribution < 1.29 is 19.8 Å². The summed E-state index contributed by atoms with van der Waals surface area (Å²) in [6, 6.07) is 0. The molecule has 0 aromatic heterocycles. The molecule has 4 heavy (non-hydrogen) atoms. The van der Waals surface area contributed by atoms with Gasteiger partial charge in [-0.25, -0.2) is 0 Å². The molecule has 0 aliphatic rings. The van der Waals surface area contributed by atoms with Crippen LogP contribution in [0.5, 0.6) is 0 Å². The van der Waals surface area contributed by atoms with E-state index in [0.717, 1.165) is 0 Å². The molecule has 0 heterocycles. The first-order valence-electron chi connectivity index (χ1n) is 0.123. The van der Waals surface area contributed by atoms with Gasteiger partial charge in [0.2, 0.25) is 0 Å². The summed E-state index contributed by atoms with van der Waals surface area (Å²) in [5, 5.41) is 0. The molecule has 0 rings (SSSR count). The topological polar surface area (TPSA) is 17.1 Å². The molecule has 1 nitrogen and oxygen atoms in total. The van der Waals surface area contributed by atoms with Crippen LogP contribution in [0.2, 0.25) is 0 Å². The zero-order valence-electron chi connectivity index (χ0n) is 1.53. The number of hydrogen-bond donors (Lipinski definition) is 0. The molecule has 0 N–H and O–H groups in total. The van der Waals surface area contributed by atoms with E-state index in [4.69, 9.17) is 3.83 Å². The second kappa shape index (κ2) is 32.9. The molecule has 0 saturated carbocycles. The summed E-state index contributed by atoms with van der Waals surface area (Å²) in [7, 11) is 0. The van der Waals surface area contributed by atoms with Gasteiger partial charge in [-0.15, -0.1) is 29.4 Å². The third-order valence-corrected chi connectivity index (χ3v) is 0. The quantitative estimate of drug-likeness (QED) is 0.526. The molecule has 33 valence electrons. The van der Waals surface area contributed by atoms with Crippen LogP contribution in [-0.4, -0.2) is 0 Å². The van der Waals surface area contributed by atoms with Gasteiger partial charge in [-0.1, -0.05) is 0 Å². The predicted molar refractivity (Wildman–Crippen MR) is 18.3 cm³/mol. The van der Waals surface area contributed by atoms with Gasteiger partial charge in [0.25, 0.3) is 0 Å². The maximum absolute atomic E-state index is 7.81. The number of halogens is 2. The maximum atomic E-state index is 7.81. The molecule has 0 radical (unpaired) electrons. The van der Waals surface area contributed by atoms with Crippen LogP contribution in [0.4, 0.5) is 0 Å². The molecular formula is H2BrClCuO. The first-order valence-corrected chi connectivity index (χ1v) is 0.508. The van der Waals surface area contributed by atoms with Gasteiger partial charge in [0.1, 0.15) is 0 Å². The van der Waals surface area contributed by atoms with Crippen LogP contribution in [0, 0.1) is 0 Å². The van der Waals surface area contributed by atoms with Crippen molar-refractivity contribution in [3.05, 3.63) is 0 Å². The van der Waals surface area contributed by atoms with Crippen LogP contribution >= 0.6 is 29.4 Å². The van der Waals surface area contributed by atoms with Gasteiger partial charge in [-0.2, -0.15) is 0 Å². The SMILES string of the molecule is Br.Cl.[O]=[Cu]. The Labute approximate surface area is 49.3 Å². The Morgan fingerprint density at radius 3 is 1.25 bits per heavy atom. The summed E-state index contributed by atoms with van der Waals surface area (Å²) in [5.41, 5.74) is 0. The molecule has 4 heteroatoms. The van der Waals surface area contributed by atoms with Crippen molar-refractivity contribution in [1.82, 2.24) is 0 Å². The van der Waals surface area contributed by atoms with E-state index in [-0.39, 0.29) is 29.4 Å². The molecule has 0 saturated heterocycles. The first-order chi connectivity index (χ1) is 1.00. The van der Waals surface area contributed by atoms with Gasteiger partial charge in [-0.3, -0.25) is 0 Å². The van der Waals surface area contributed by atoms with Crippen molar-refractivity contribution in [3.8, 4) is 0 Å². The molecular weight excluding hydrogens is 195 g/mol. The Hall–Kier alpha value is 1.09. The van der Waals surface area contributed by atoms with E-state index in [9.17, 15) is 0 Å². The second-order valence-corrected chi connectivity index (χ2v) is 0. The molecule has 0 unspecified atom stereocenters. The van der Waals surface area contributed by atoms with Gasteiger partial charge in [0, 0.05) is 0 Å². The Kier molecular flexibility index (Phi) is 160.